The van der Waals surface area contributed by atoms with Crippen LogP contribution in [-0.4, -0.2) is 12.9 Å². The summed E-state index contributed by atoms with van der Waals surface area (Å²) in [5.74, 6) is 2.62. The summed E-state index contributed by atoms with van der Waals surface area (Å²) < 4.78 is 11.2. The predicted molar refractivity (Wildman–Crippen MR) is 62.8 cm³/mol. The molecule has 2 nitrogen and oxygen atoms in total. The molecule has 84 valence electrons. The summed E-state index contributed by atoms with van der Waals surface area (Å²) in [5, 5.41) is 0. The molecule has 0 saturated carbocycles. The lowest BCUT2D eigenvalue weighted by atomic mass is 10.1. The summed E-state index contributed by atoms with van der Waals surface area (Å²) in [6.07, 6.45) is 8.63. The molecule has 1 atom stereocenters. The molecule has 1 heterocycles. The first kappa shape index (κ1) is 11.2. The van der Waals surface area contributed by atoms with Crippen LogP contribution in [0.4, 0.5) is 0 Å². The maximum Gasteiger partial charge on any atom is 0.158 e. The van der Waals surface area contributed by atoms with E-state index in [0.717, 1.165) is 30.6 Å². The Morgan fingerprint density at radius 1 is 1.44 bits per heavy atom. The van der Waals surface area contributed by atoms with Gasteiger partial charge < -0.3 is 9.47 Å². The second kappa shape index (κ2) is 5.69. The third-order valence-corrected chi connectivity index (χ3v) is 2.67. The Morgan fingerprint density at radius 2 is 2.38 bits per heavy atom. The van der Waals surface area contributed by atoms with Crippen LogP contribution >= 0.6 is 0 Å². The minimum absolute atomic E-state index is 0.0387. The van der Waals surface area contributed by atoms with Crippen molar-refractivity contribution in [1.82, 2.24) is 0 Å². The van der Waals surface area contributed by atoms with Gasteiger partial charge in [0.25, 0.3) is 0 Å². The molecule has 1 fully saturated rings. The van der Waals surface area contributed by atoms with E-state index in [2.05, 4.69) is 5.92 Å². The summed E-state index contributed by atoms with van der Waals surface area (Å²) in [4.78, 5) is 0. The summed E-state index contributed by atoms with van der Waals surface area (Å²) in [6.45, 7) is 1.38. The van der Waals surface area contributed by atoms with Crippen molar-refractivity contribution >= 4 is 0 Å². The lowest BCUT2D eigenvalue weighted by Gasteiger charge is -2.22. The van der Waals surface area contributed by atoms with Crippen molar-refractivity contribution in [1.29, 1.82) is 0 Å². The maximum atomic E-state index is 5.68. The van der Waals surface area contributed by atoms with Crippen LogP contribution in [0.1, 0.15) is 30.4 Å². The van der Waals surface area contributed by atoms with Gasteiger partial charge in [-0.15, -0.1) is 6.42 Å². The molecule has 1 saturated heterocycles. The van der Waals surface area contributed by atoms with Gasteiger partial charge in [-0.05, 0) is 37.0 Å². The fraction of sp³-hybridized carbons (Fsp3) is 0.429. The third kappa shape index (κ3) is 3.10. The lowest BCUT2D eigenvalue weighted by molar-refractivity contribution is -0.168. The van der Waals surface area contributed by atoms with Gasteiger partial charge >= 0.3 is 0 Å². The van der Waals surface area contributed by atoms with Crippen LogP contribution in [0.5, 0.6) is 0 Å². The zero-order valence-corrected chi connectivity index (χ0v) is 9.32. The van der Waals surface area contributed by atoms with E-state index in [-0.39, 0.29) is 6.29 Å². The minimum Gasteiger partial charge on any atom is -0.353 e. The molecule has 0 radical (unpaired) electrons. The van der Waals surface area contributed by atoms with E-state index in [0.29, 0.717) is 6.61 Å². The summed E-state index contributed by atoms with van der Waals surface area (Å²) >= 11 is 0. The van der Waals surface area contributed by atoms with Crippen LogP contribution in [0.2, 0.25) is 0 Å². The van der Waals surface area contributed by atoms with Crippen molar-refractivity contribution in [3.05, 3.63) is 35.4 Å². The SMILES string of the molecule is C#Cc1cccc(CO[C@H]2CCCCO2)c1. The second-order valence-corrected chi connectivity index (χ2v) is 3.95. The molecule has 0 spiro atoms. The van der Waals surface area contributed by atoms with Crippen LogP contribution in [0.3, 0.4) is 0 Å². The highest BCUT2D eigenvalue weighted by atomic mass is 16.7. The van der Waals surface area contributed by atoms with E-state index in [1.54, 1.807) is 0 Å². The molecule has 1 aromatic rings. The number of ether oxygens (including phenoxy) is 2. The van der Waals surface area contributed by atoms with Crippen LogP contribution in [0.25, 0.3) is 0 Å². The van der Waals surface area contributed by atoms with Crippen molar-refractivity contribution < 1.29 is 9.47 Å². The van der Waals surface area contributed by atoms with Crippen molar-refractivity contribution in [2.75, 3.05) is 6.61 Å². The number of terminal acetylenes is 1. The fourth-order valence-electron chi connectivity index (χ4n) is 1.78. The van der Waals surface area contributed by atoms with Gasteiger partial charge in [-0.25, -0.2) is 0 Å². The first-order valence-electron chi connectivity index (χ1n) is 5.67. The molecule has 0 amide bonds. The standard InChI is InChI=1S/C14H16O2/c1-2-12-6-5-7-13(10-12)11-16-14-8-3-4-9-15-14/h1,5-7,10,14H,3-4,8-9,11H2/t14-/m0/s1. The highest BCUT2D eigenvalue weighted by Gasteiger charge is 2.13. The highest BCUT2D eigenvalue weighted by Crippen LogP contribution is 2.15. The normalized spacial score (nSPS) is 20.3. The molecule has 16 heavy (non-hydrogen) atoms. The number of hydrogen-bond acceptors (Lipinski definition) is 2. The minimum atomic E-state index is -0.0387. The average molecular weight is 216 g/mol. The number of hydrogen-bond donors (Lipinski definition) is 0. The van der Waals surface area contributed by atoms with Gasteiger partial charge in [0.2, 0.25) is 0 Å². The topological polar surface area (TPSA) is 18.5 Å². The molecule has 1 aliphatic heterocycles. The molecule has 0 aliphatic carbocycles. The molecule has 1 aromatic carbocycles. The van der Waals surface area contributed by atoms with Crippen molar-refractivity contribution in [3.63, 3.8) is 0 Å². The van der Waals surface area contributed by atoms with Crippen LogP contribution < -0.4 is 0 Å². The van der Waals surface area contributed by atoms with Crippen LogP contribution in [0.15, 0.2) is 24.3 Å². The Hall–Kier alpha value is -1.30. The predicted octanol–water partition coefficient (Wildman–Crippen LogP) is 2.71. The van der Waals surface area contributed by atoms with Gasteiger partial charge in [0, 0.05) is 12.2 Å². The summed E-state index contributed by atoms with van der Waals surface area (Å²) in [5.41, 5.74) is 2.00. The Morgan fingerprint density at radius 3 is 3.12 bits per heavy atom. The number of rotatable bonds is 3. The Bertz CT molecular complexity index is 373. The monoisotopic (exact) mass is 216 g/mol. The first-order valence-corrected chi connectivity index (χ1v) is 5.67. The van der Waals surface area contributed by atoms with Crippen LogP contribution in [-0.2, 0) is 16.1 Å². The van der Waals surface area contributed by atoms with Gasteiger partial charge in [-0.1, -0.05) is 18.1 Å². The molecule has 2 heteroatoms. The summed E-state index contributed by atoms with van der Waals surface area (Å²) in [6, 6.07) is 7.86. The smallest absolute Gasteiger partial charge is 0.158 e. The first-order chi connectivity index (χ1) is 7.88. The van der Waals surface area contributed by atoms with Gasteiger partial charge in [0.05, 0.1) is 6.61 Å². The Balaban J connectivity index is 1.86. The zero-order valence-electron chi connectivity index (χ0n) is 9.32. The molecule has 0 bridgehead atoms. The molecular formula is C14H16O2. The summed E-state index contributed by atoms with van der Waals surface area (Å²) in [7, 11) is 0. The largest absolute Gasteiger partial charge is 0.353 e. The lowest BCUT2D eigenvalue weighted by Crippen LogP contribution is -2.21. The third-order valence-electron chi connectivity index (χ3n) is 2.67. The second-order valence-electron chi connectivity index (χ2n) is 3.95. The zero-order chi connectivity index (χ0) is 11.2. The Labute approximate surface area is 96.6 Å². The Kier molecular flexibility index (Phi) is 3.98. The van der Waals surface area contributed by atoms with E-state index < -0.39 is 0 Å². The van der Waals surface area contributed by atoms with Gasteiger partial charge in [-0.2, -0.15) is 0 Å². The molecular weight excluding hydrogens is 200 g/mol. The molecule has 1 aliphatic rings. The maximum absolute atomic E-state index is 5.68. The highest BCUT2D eigenvalue weighted by molar-refractivity contribution is 5.34. The van der Waals surface area contributed by atoms with Gasteiger partial charge in [0.1, 0.15) is 0 Å². The van der Waals surface area contributed by atoms with E-state index in [1.807, 2.05) is 24.3 Å². The van der Waals surface area contributed by atoms with E-state index in [4.69, 9.17) is 15.9 Å². The quantitative estimate of drug-likeness (QED) is 0.723. The van der Waals surface area contributed by atoms with Crippen molar-refractivity contribution in [2.24, 2.45) is 0 Å². The fourth-order valence-corrected chi connectivity index (χ4v) is 1.78. The molecule has 0 unspecified atom stereocenters. The molecule has 2 rings (SSSR count). The van der Waals surface area contributed by atoms with Gasteiger partial charge in [0.15, 0.2) is 6.29 Å². The van der Waals surface area contributed by atoms with Crippen LogP contribution in [0, 0.1) is 12.3 Å². The molecule has 0 aromatic heterocycles. The van der Waals surface area contributed by atoms with E-state index in [9.17, 15) is 0 Å². The van der Waals surface area contributed by atoms with E-state index in [1.165, 1.54) is 6.42 Å². The number of benzene rings is 1. The van der Waals surface area contributed by atoms with Gasteiger partial charge in [-0.3, -0.25) is 0 Å². The van der Waals surface area contributed by atoms with E-state index >= 15 is 0 Å². The van der Waals surface area contributed by atoms with Crippen molar-refractivity contribution in [3.8, 4) is 12.3 Å². The average Bonchev–Trinajstić information content (AvgIpc) is 2.38. The molecule has 0 N–H and O–H groups in total. The van der Waals surface area contributed by atoms with Crippen molar-refractivity contribution in [2.45, 2.75) is 32.2 Å².